The molecule has 4 rings (SSSR count). The number of aromatic nitrogens is 2. The first-order valence-corrected chi connectivity index (χ1v) is 8.10. The maximum atomic E-state index is 12.6. The number of nitrogens with zero attached hydrogens (tertiary/aromatic N) is 2. The summed E-state index contributed by atoms with van der Waals surface area (Å²) in [6.07, 6.45) is 2.66. The summed E-state index contributed by atoms with van der Waals surface area (Å²) in [6.45, 7) is 1.85. The van der Waals surface area contributed by atoms with E-state index in [0.717, 1.165) is 16.7 Å². The van der Waals surface area contributed by atoms with E-state index in [-0.39, 0.29) is 5.56 Å². The van der Waals surface area contributed by atoms with Gasteiger partial charge in [-0.1, -0.05) is 30.3 Å². The molecule has 0 saturated heterocycles. The van der Waals surface area contributed by atoms with E-state index in [4.69, 9.17) is 0 Å². The minimum absolute atomic E-state index is 0.0420. The van der Waals surface area contributed by atoms with Crippen LogP contribution in [0.5, 0.6) is 0 Å². The predicted octanol–water partition coefficient (Wildman–Crippen LogP) is 1.39. The highest BCUT2D eigenvalue weighted by Crippen LogP contribution is 2.31. The third kappa shape index (κ3) is 2.51. The topological polar surface area (TPSA) is 83.7 Å². The van der Waals surface area contributed by atoms with Gasteiger partial charge in [0.15, 0.2) is 0 Å². The van der Waals surface area contributed by atoms with Crippen LogP contribution in [0.1, 0.15) is 33.1 Å². The van der Waals surface area contributed by atoms with Gasteiger partial charge in [0.2, 0.25) is 0 Å². The number of benzene rings is 1. The van der Waals surface area contributed by atoms with Crippen LogP contribution in [0.4, 0.5) is 0 Å². The molecule has 1 amide bonds. The highest BCUT2D eigenvalue weighted by atomic mass is 16.3. The van der Waals surface area contributed by atoms with E-state index in [9.17, 15) is 14.7 Å². The Labute approximate surface area is 143 Å². The molecule has 0 spiro atoms. The van der Waals surface area contributed by atoms with Crippen LogP contribution in [0.3, 0.4) is 0 Å². The Hall–Kier alpha value is -2.99. The molecule has 6 heteroatoms. The van der Waals surface area contributed by atoms with Crippen LogP contribution in [0, 0.1) is 6.92 Å². The SMILES string of the molecule is Cc1cccn2c(=O)c(C(=O)NC3c4ccccc4CC3O)cnc12. The fraction of sp³-hybridized carbons (Fsp3) is 0.211. The summed E-state index contributed by atoms with van der Waals surface area (Å²) < 4.78 is 1.36. The smallest absolute Gasteiger partial charge is 0.270 e. The number of carbonyl (C=O) groups excluding carboxylic acids is 1. The molecule has 0 radical (unpaired) electrons. The van der Waals surface area contributed by atoms with Crippen molar-refractivity contribution < 1.29 is 9.90 Å². The van der Waals surface area contributed by atoms with Crippen LogP contribution in [0.2, 0.25) is 0 Å². The van der Waals surface area contributed by atoms with Gasteiger partial charge in [0.25, 0.3) is 11.5 Å². The zero-order chi connectivity index (χ0) is 17.6. The molecule has 2 N–H and O–H groups in total. The first-order valence-electron chi connectivity index (χ1n) is 8.10. The number of aliphatic hydroxyl groups excluding tert-OH is 1. The maximum Gasteiger partial charge on any atom is 0.270 e. The van der Waals surface area contributed by atoms with Gasteiger partial charge in [-0.3, -0.25) is 14.0 Å². The second kappa shape index (κ2) is 5.82. The van der Waals surface area contributed by atoms with Gasteiger partial charge >= 0.3 is 0 Å². The molecule has 2 atom stereocenters. The van der Waals surface area contributed by atoms with E-state index in [1.165, 1.54) is 10.6 Å². The lowest BCUT2D eigenvalue weighted by Crippen LogP contribution is -2.37. The van der Waals surface area contributed by atoms with Crippen LogP contribution in [0.25, 0.3) is 5.65 Å². The van der Waals surface area contributed by atoms with E-state index >= 15 is 0 Å². The summed E-state index contributed by atoms with van der Waals surface area (Å²) in [5, 5.41) is 13.0. The van der Waals surface area contributed by atoms with E-state index < -0.39 is 23.6 Å². The molecule has 0 bridgehead atoms. The molecule has 3 aromatic rings. The van der Waals surface area contributed by atoms with Crippen LogP contribution in [-0.2, 0) is 6.42 Å². The van der Waals surface area contributed by atoms with E-state index in [2.05, 4.69) is 10.3 Å². The molecule has 2 heterocycles. The highest BCUT2D eigenvalue weighted by Gasteiger charge is 2.32. The van der Waals surface area contributed by atoms with Gasteiger partial charge in [0.05, 0.1) is 12.1 Å². The van der Waals surface area contributed by atoms with E-state index in [1.54, 1.807) is 12.3 Å². The van der Waals surface area contributed by atoms with Crippen LogP contribution >= 0.6 is 0 Å². The normalized spacial score (nSPS) is 19.0. The minimum Gasteiger partial charge on any atom is -0.390 e. The number of fused-ring (bicyclic) bond motifs is 2. The van der Waals surface area contributed by atoms with E-state index in [0.29, 0.717) is 12.1 Å². The summed E-state index contributed by atoms with van der Waals surface area (Å²) in [5.74, 6) is -0.533. The molecule has 1 aliphatic rings. The van der Waals surface area contributed by atoms with Gasteiger partial charge in [-0.05, 0) is 29.7 Å². The summed E-state index contributed by atoms with van der Waals surface area (Å²) in [7, 11) is 0. The fourth-order valence-electron chi connectivity index (χ4n) is 3.37. The van der Waals surface area contributed by atoms with Crippen LogP contribution < -0.4 is 10.9 Å². The lowest BCUT2D eigenvalue weighted by molar-refractivity contribution is 0.0856. The number of nitrogens with one attached hydrogen (secondary N) is 1. The van der Waals surface area contributed by atoms with Crippen molar-refractivity contribution in [2.45, 2.75) is 25.5 Å². The zero-order valence-corrected chi connectivity index (χ0v) is 13.6. The number of carbonyl (C=O) groups is 1. The standard InChI is InChI=1S/C19H17N3O3/c1-11-5-4-8-22-17(11)20-10-14(19(22)25)18(24)21-16-13-7-3-2-6-12(13)9-15(16)23/h2-8,10,15-16,23H,9H2,1H3,(H,21,24). The van der Waals surface area contributed by atoms with Crippen molar-refractivity contribution in [2.75, 3.05) is 0 Å². The van der Waals surface area contributed by atoms with Crippen LogP contribution in [-0.4, -0.2) is 26.5 Å². The number of hydrogen-bond acceptors (Lipinski definition) is 4. The fourth-order valence-corrected chi connectivity index (χ4v) is 3.37. The van der Waals surface area contributed by atoms with Gasteiger partial charge < -0.3 is 10.4 Å². The maximum absolute atomic E-state index is 12.6. The molecule has 6 nitrogen and oxygen atoms in total. The number of pyridine rings is 1. The van der Waals surface area contributed by atoms with Crippen molar-refractivity contribution >= 4 is 11.6 Å². The van der Waals surface area contributed by atoms with Gasteiger partial charge in [-0.25, -0.2) is 4.98 Å². The lowest BCUT2D eigenvalue weighted by atomic mass is 10.1. The monoisotopic (exact) mass is 335 g/mol. The zero-order valence-electron chi connectivity index (χ0n) is 13.6. The molecule has 126 valence electrons. The number of amides is 1. The summed E-state index contributed by atoms with van der Waals surface area (Å²) >= 11 is 0. The van der Waals surface area contributed by atoms with Crippen molar-refractivity contribution in [1.29, 1.82) is 0 Å². The Bertz CT molecular complexity index is 1040. The van der Waals surface area contributed by atoms with Gasteiger partial charge in [-0.2, -0.15) is 0 Å². The van der Waals surface area contributed by atoms with Crippen molar-refractivity contribution in [1.82, 2.24) is 14.7 Å². The van der Waals surface area contributed by atoms with Crippen molar-refractivity contribution in [3.63, 3.8) is 0 Å². The first-order chi connectivity index (χ1) is 12.1. The number of hydrogen-bond donors (Lipinski definition) is 2. The third-order valence-corrected chi connectivity index (χ3v) is 4.66. The van der Waals surface area contributed by atoms with Gasteiger partial charge in [0.1, 0.15) is 11.2 Å². The van der Waals surface area contributed by atoms with E-state index in [1.807, 2.05) is 37.3 Å². The van der Waals surface area contributed by atoms with Crippen molar-refractivity contribution in [2.24, 2.45) is 0 Å². The Balaban J connectivity index is 1.70. The molecule has 2 unspecified atom stereocenters. The van der Waals surface area contributed by atoms with Crippen molar-refractivity contribution in [3.05, 3.63) is 81.4 Å². The molecule has 1 aliphatic carbocycles. The summed E-state index contributed by atoms with van der Waals surface area (Å²) in [6, 6.07) is 10.6. The molecule has 25 heavy (non-hydrogen) atoms. The number of aliphatic hydroxyl groups is 1. The quantitative estimate of drug-likeness (QED) is 0.741. The number of rotatable bonds is 2. The van der Waals surface area contributed by atoms with Crippen LogP contribution in [0.15, 0.2) is 53.6 Å². The molecule has 1 aromatic carbocycles. The van der Waals surface area contributed by atoms with Gasteiger partial charge in [-0.15, -0.1) is 0 Å². The lowest BCUT2D eigenvalue weighted by Gasteiger charge is -2.18. The Kier molecular flexibility index (Phi) is 3.62. The van der Waals surface area contributed by atoms with Crippen molar-refractivity contribution in [3.8, 4) is 0 Å². The second-order valence-corrected chi connectivity index (χ2v) is 6.28. The minimum atomic E-state index is -0.709. The molecule has 0 saturated carbocycles. The Morgan fingerprint density at radius 2 is 2.08 bits per heavy atom. The molecule has 2 aromatic heterocycles. The molecule has 0 aliphatic heterocycles. The average molecular weight is 335 g/mol. The summed E-state index contributed by atoms with van der Waals surface area (Å²) in [4.78, 5) is 29.5. The second-order valence-electron chi connectivity index (χ2n) is 6.28. The number of aryl methyl sites for hydroxylation is 1. The predicted molar refractivity (Wildman–Crippen MR) is 92.6 cm³/mol. The Morgan fingerprint density at radius 1 is 1.28 bits per heavy atom. The highest BCUT2D eigenvalue weighted by molar-refractivity contribution is 5.94. The average Bonchev–Trinajstić information content (AvgIpc) is 2.91. The Morgan fingerprint density at radius 3 is 2.92 bits per heavy atom. The summed E-state index contributed by atoms with van der Waals surface area (Å²) in [5.41, 5.74) is 2.80. The largest absolute Gasteiger partial charge is 0.390 e. The third-order valence-electron chi connectivity index (χ3n) is 4.66. The molecular weight excluding hydrogens is 318 g/mol. The molecule has 0 fully saturated rings. The van der Waals surface area contributed by atoms with Gasteiger partial charge in [0, 0.05) is 18.8 Å². The first kappa shape index (κ1) is 15.5. The molecular formula is C19H17N3O3.